The second-order valence-electron chi connectivity index (χ2n) is 7.58. The molecule has 1 aromatic carbocycles. The second-order valence-corrected chi connectivity index (χ2v) is 7.58. The van der Waals surface area contributed by atoms with Gasteiger partial charge in [-0.15, -0.1) is 0 Å². The van der Waals surface area contributed by atoms with Gasteiger partial charge in [0.05, 0.1) is 24.0 Å². The van der Waals surface area contributed by atoms with Gasteiger partial charge in [-0.2, -0.15) is 4.98 Å². The van der Waals surface area contributed by atoms with Gasteiger partial charge in [0.25, 0.3) is 0 Å². The third kappa shape index (κ3) is 3.90. The maximum absolute atomic E-state index is 15.7. The molecule has 7 nitrogen and oxygen atoms in total. The number of aromatic nitrogens is 2. The molecule has 8 heteroatoms. The smallest absolute Gasteiger partial charge is 0.229 e. The van der Waals surface area contributed by atoms with Crippen molar-refractivity contribution in [3.8, 4) is 5.75 Å². The number of aliphatic hydroxyl groups excluding tert-OH is 1. The lowest BCUT2D eigenvalue weighted by molar-refractivity contribution is 0.180. The number of aliphatic hydroxyl groups is 1. The van der Waals surface area contributed by atoms with Gasteiger partial charge in [-0.3, -0.25) is 0 Å². The fourth-order valence-electron chi connectivity index (χ4n) is 3.79. The fourth-order valence-corrected chi connectivity index (χ4v) is 3.79. The number of benzene rings is 1. The molecule has 3 heterocycles. The molecule has 2 aliphatic rings. The van der Waals surface area contributed by atoms with Crippen LogP contribution in [0.5, 0.6) is 5.75 Å². The Morgan fingerprint density at radius 1 is 1.31 bits per heavy atom. The first-order chi connectivity index (χ1) is 14.0. The normalized spacial score (nSPS) is 21.1. The minimum absolute atomic E-state index is 0.144. The maximum atomic E-state index is 15.7. The highest BCUT2D eigenvalue weighted by molar-refractivity contribution is 5.78. The van der Waals surface area contributed by atoms with Gasteiger partial charge >= 0.3 is 0 Å². The molecule has 0 spiro atoms. The quantitative estimate of drug-likeness (QED) is 0.628. The van der Waals surface area contributed by atoms with Crippen molar-refractivity contribution in [3.05, 3.63) is 40.8 Å². The van der Waals surface area contributed by atoms with Gasteiger partial charge in [-0.25, -0.2) is 9.37 Å². The molecule has 4 N–H and O–H groups in total. The zero-order valence-corrected chi connectivity index (χ0v) is 16.8. The van der Waals surface area contributed by atoms with Gasteiger partial charge in [0.2, 0.25) is 5.95 Å². The van der Waals surface area contributed by atoms with E-state index >= 15 is 4.39 Å². The van der Waals surface area contributed by atoms with Crippen molar-refractivity contribution in [2.45, 2.75) is 32.3 Å². The minimum atomic E-state index is -0.576. The number of rotatable bonds is 4. The lowest BCUT2D eigenvalue weighted by Gasteiger charge is -2.18. The summed E-state index contributed by atoms with van der Waals surface area (Å²) in [5.41, 5.74) is 3.18. The van der Waals surface area contributed by atoms with E-state index in [-0.39, 0.29) is 5.92 Å². The molecule has 0 saturated heterocycles. The van der Waals surface area contributed by atoms with Crippen molar-refractivity contribution in [2.75, 3.05) is 37.4 Å². The van der Waals surface area contributed by atoms with Crippen molar-refractivity contribution in [3.63, 3.8) is 0 Å². The van der Waals surface area contributed by atoms with Crippen molar-refractivity contribution in [1.82, 2.24) is 15.3 Å². The molecule has 2 atom stereocenters. The Labute approximate surface area is 169 Å². The zero-order valence-electron chi connectivity index (χ0n) is 16.8. The van der Waals surface area contributed by atoms with E-state index in [9.17, 15) is 5.11 Å². The Kier molecular flexibility index (Phi) is 5.38. The molecule has 2 aromatic rings. The van der Waals surface area contributed by atoms with E-state index in [4.69, 9.17) is 4.74 Å². The van der Waals surface area contributed by atoms with Crippen LogP contribution in [0.3, 0.4) is 0 Å². The van der Waals surface area contributed by atoms with Crippen LogP contribution < -0.4 is 20.7 Å². The van der Waals surface area contributed by atoms with E-state index in [0.29, 0.717) is 54.9 Å². The Balaban J connectivity index is 1.81. The number of fused-ring (bicyclic) bond motifs is 1. The van der Waals surface area contributed by atoms with E-state index in [1.807, 2.05) is 19.1 Å². The molecule has 1 aromatic heterocycles. The van der Waals surface area contributed by atoms with Crippen molar-refractivity contribution < 1.29 is 14.2 Å². The standard InChI is InChI=1S/C21H26FN5O2/c1-11-10-29-20-15(11)8-16(26-21-25-12(2)6-17(23-3)27-21)19(22)18(20)13-4-5-24-9-14(28)7-13/h4,6,8,11,14,24,28H,5,7,9-10H2,1-3H3,(H2,23,25,26,27)/t11-,14+/m1/s1. The molecule has 0 unspecified atom stereocenters. The number of nitrogens with zero attached hydrogens (tertiary/aromatic N) is 2. The number of ether oxygens (including phenoxy) is 1. The van der Waals surface area contributed by atoms with Crippen molar-refractivity contribution in [2.24, 2.45) is 0 Å². The third-order valence-electron chi connectivity index (χ3n) is 5.26. The van der Waals surface area contributed by atoms with Crippen LogP contribution in [-0.4, -0.2) is 47.9 Å². The minimum Gasteiger partial charge on any atom is -0.492 e. The Morgan fingerprint density at radius 2 is 2.14 bits per heavy atom. The highest BCUT2D eigenvalue weighted by Crippen LogP contribution is 2.45. The van der Waals surface area contributed by atoms with Gasteiger partial charge in [0, 0.05) is 49.8 Å². The van der Waals surface area contributed by atoms with Crippen LogP contribution in [-0.2, 0) is 0 Å². The first-order valence-corrected chi connectivity index (χ1v) is 9.84. The molecule has 0 bridgehead atoms. The first kappa shape index (κ1) is 19.6. The molecule has 0 aliphatic carbocycles. The summed E-state index contributed by atoms with van der Waals surface area (Å²) in [4.78, 5) is 8.75. The summed E-state index contributed by atoms with van der Waals surface area (Å²) in [6.45, 7) is 5.46. The van der Waals surface area contributed by atoms with E-state index < -0.39 is 11.9 Å². The van der Waals surface area contributed by atoms with Gasteiger partial charge in [-0.05, 0) is 18.6 Å². The van der Waals surface area contributed by atoms with Crippen LogP contribution in [0.1, 0.15) is 36.1 Å². The summed E-state index contributed by atoms with van der Waals surface area (Å²) in [5, 5.41) is 19.4. The topological polar surface area (TPSA) is 91.3 Å². The van der Waals surface area contributed by atoms with Gasteiger partial charge < -0.3 is 25.8 Å². The van der Waals surface area contributed by atoms with Crippen LogP contribution in [0.2, 0.25) is 0 Å². The van der Waals surface area contributed by atoms with E-state index in [1.54, 1.807) is 13.1 Å². The predicted molar refractivity (Wildman–Crippen MR) is 111 cm³/mol. The summed E-state index contributed by atoms with van der Waals surface area (Å²) < 4.78 is 21.6. The molecule has 0 saturated carbocycles. The highest BCUT2D eigenvalue weighted by Gasteiger charge is 2.30. The predicted octanol–water partition coefficient (Wildman–Crippen LogP) is 2.94. The van der Waals surface area contributed by atoms with Crippen LogP contribution in [0.4, 0.5) is 21.8 Å². The van der Waals surface area contributed by atoms with E-state index in [2.05, 4.69) is 32.8 Å². The summed E-state index contributed by atoms with van der Waals surface area (Å²) in [6.07, 6.45) is 1.71. The van der Waals surface area contributed by atoms with E-state index in [0.717, 1.165) is 16.8 Å². The van der Waals surface area contributed by atoms with Crippen molar-refractivity contribution >= 4 is 23.0 Å². The molecule has 0 amide bonds. The van der Waals surface area contributed by atoms with Crippen LogP contribution in [0.25, 0.3) is 5.57 Å². The fraction of sp³-hybridized carbons (Fsp3) is 0.429. The monoisotopic (exact) mass is 399 g/mol. The number of hydrogen-bond donors (Lipinski definition) is 4. The summed E-state index contributed by atoms with van der Waals surface area (Å²) >= 11 is 0. The first-order valence-electron chi connectivity index (χ1n) is 9.84. The molecule has 29 heavy (non-hydrogen) atoms. The number of anilines is 3. The van der Waals surface area contributed by atoms with Crippen LogP contribution in [0.15, 0.2) is 18.2 Å². The molecule has 2 aliphatic heterocycles. The average Bonchev–Trinajstić information content (AvgIpc) is 2.91. The second kappa shape index (κ2) is 7.96. The number of halogens is 1. The average molecular weight is 399 g/mol. The molecular weight excluding hydrogens is 373 g/mol. The number of nitrogens with one attached hydrogen (secondary N) is 3. The molecule has 0 fully saturated rings. The Bertz CT molecular complexity index is 963. The van der Waals surface area contributed by atoms with Crippen molar-refractivity contribution in [1.29, 1.82) is 0 Å². The molecular formula is C21H26FN5O2. The van der Waals surface area contributed by atoms with Gasteiger partial charge in [-0.1, -0.05) is 13.0 Å². The summed E-state index contributed by atoms with van der Waals surface area (Å²) in [5.74, 6) is 1.27. The zero-order chi connectivity index (χ0) is 20.5. The molecule has 4 rings (SSSR count). The van der Waals surface area contributed by atoms with Crippen LogP contribution >= 0.6 is 0 Å². The number of aryl methyl sites for hydroxylation is 1. The van der Waals surface area contributed by atoms with Gasteiger partial charge in [0.15, 0.2) is 5.82 Å². The summed E-state index contributed by atoms with van der Waals surface area (Å²) in [7, 11) is 1.77. The maximum Gasteiger partial charge on any atom is 0.229 e. The lowest BCUT2D eigenvalue weighted by atomic mass is 9.92. The number of hydrogen-bond acceptors (Lipinski definition) is 7. The number of β-amino-alcohol motifs (C(OH)–C–C–N with tert-alkyl or cyclic N) is 1. The SMILES string of the molecule is CNc1cc(C)nc(Nc2cc3c(c(C4=CCNC[C@@H](O)C4)c2F)OC[C@H]3C)n1. The lowest BCUT2D eigenvalue weighted by Crippen LogP contribution is -2.24. The molecule has 154 valence electrons. The van der Waals surface area contributed by atoms with E-state index in [1.165, 1.54) is 0 Å². The summed E-state index contributed by atoms with van der Waals surface area (Å²) in [6, 6.07) is 3.60. The Morgan fingerprint density at radius 3 is 2.93 bits per heavy atom. The molecule has 0 radical (unpaired) electrons. The van der Waals surface area contributed by atoms with Gasteiger partial charge in [0.1, 0.15) is 11.6 Å². The Hall–Kier alpha value is -2.71. The third-order valence-corrected chi connectivity index (χ3v) is 5.26. The largest absolute Gasteiger partial charge is 0.492 e. The highest BCUT2D eigenvalue weighted by atomic mass is 19.1. The van der Waals surface area contributed by atoms with Crippen LogP contribution in [0, 0.1) is 12.7 Å².